The van der Waals surface area contributed by atoms with Crippen LogP contribution in [0.3, 0.4) is 0 Å². The van der Waals surface area contributed by atoms with Crippen LogP contribution in [0.2, 0.25) is 0 Å². The molecule has 0 aromatic carbocycles. The highest BCUT2D eigenvalue weighted by atomic mass is 16.1. The fourth-order valence-electron chi connectivity index (χ4n) is 2.31. The molecule has 0 aromatic rings. The Morgan fingerprint density at radius 2 is 2.15 bits per heavy atom. The lowest BCUT2D eigenvalue weighted by molar-refractivity contribution is -0.107. The maximum Gasteiger partial charge on any atom is 0.124 e. The summed E-state index contributed by atoms with van der Waals surface area (Å²) in [5.41, 5.74) is 3.04. The summed E-state index contributed by atoms with van der Waals surface area (Å²) < 4.78 is 0. The van der Waals surface area contributed by atoms with Crippen LogP contribution in [0.15, 0.2) is 11.1 Å². The standard InChI is InChI=1S/C12H20O/c1-9-5-6-10(2)12(3,4)11(9)7-8-13/h8,10H,5-7H2,1-4H3. The molecule has 0 amide bonds. The summed E-state index contributed by atoms with van der Waals surface area (Å²) in [6, 6.07) is 0. The second kappa shape index (κ2) is 3.65. The normalized spacial score (nSPS) is 27.5. The first kappa shape index (κ1) is 10.5. The van der Waals surface area contributed by atoms with Gasteiger partial charge in [0, 0.05) is 6.42 Å². The van der Waals surface area contributed by atoms with Gasteiger partial charge in [-0.15, -0.1) is 0 Å². The maximum atomic E-state index is 10.6. The number of rotatable bonds is 2. The molecule has 0 aromatic heterocycles. The van der Waals surface area contributed by atoms with Crippen molar-refractivity contribution in [1.29, 1.82) is 0 Å². The molecule has 1 aliphatic carbocycles. The number of hydrogen-bond acceptors (Lipinski definition) is 1. The van der Waals surface area contributed by atoms with Gasteiger partial charge in [0.2, 0.25) is 0 Å². The van der Waals surface area contributed by atoms with E-state index in [0.717, 1.165) is 6.29 Å². The van der Waals surface area contributed by atoms with Crippen LogP contribution < -0.4 is 0 Å². The van der Waals surface area contributed by atoms with Gasteiger partial charge in [-0.2, -0.15) is 0 Å². The molecule has 0 aliphatic heterocycles. The molecular weight excluding hydrogens is 160 g/mol. The van der Waals surface area contributed by atoms with Gasteiger partial charge in [0.25, 0.3) is 0 Å². The van der Waals surface area contributed by atoms with Crippen LogP contribution in [0, 0.1) is 11.3 Å². The Morgan fingerprint density at radius 1 is 1.54 bits per heavy atom. The lowest BCUT2D eigenvalue weighted by Crippen LogP contribution is -2.29. The Bertz CT molecular complexity index is 236. The van der Waals surface area contributed by atoms with E-state index in [1.165, 1.54) is 24.0 Å². The van der Waals surface area contributed by atoms with Crippen LogP contribution in [0.4, 0.5) is 0 Å². The minimum Gasteiger partial charge on any atom is -0.303 e. The highest BCUT2D eigenvalue weighted by Crippen LogP contribution is 2.45. The Hall–Kier alpha value is -0.590. The minimum absolute atomic E-state index is 0.225. The zero-order valence-corrected chi connectivity index (χ0v) is 9.18. The molecule has 1 rings (SSSR count). The Balaban J connectivity index is 3.00. The van der Waals surface area contributed by atoms with Crippen molar-refractivity contribution >= 4 is 6.29 Å². The lowest BCUT2D eigenvalue weighted by atomic mass is 9.65. The average Bonchev–Trinajstić information content (AvgIpc) is 2.06. The van der Waals surface area contributed by atoms with Crippen molar-refractivity contribution in [3.8, 4) is 0 Å². The molecule has 0 fully saturated rings. The third kappa shape index (κ3) is 1.84. The molecule has 0 saturated heterocycles. The van der Waals surface area contributed by atoms with E-state index in [0.29, 0.717) is 12.3 Å². The second-order valence-electron chi connectivity index (χ2n) is 4.79. The zero-order valence-electron chi connectivity index (χ0n) is 9.18. The van der Waals surface area contributed by atoms with Crippen LogP contribution in [0.25, 0.3) is 0 Å². The van der Waals surface area contributed by atoms with Crippen molar-refractivity contribution < 1.29 is 4.79 Å². The van der Waals surface area contributed by atoms with Gasteiger partial charge < -0.3 is 4.79 Å². The lowest BCUT2D eigenvalue weighted by Gasteiger charge is -2.39. The van der Waals surface area contributed by atoms with Gasteiger partial charge in [-0.05, 0) is 31.1 Å². The third-order valence-electron chi connectivity index (χ3n) is 3.76. The second-order valence-corrected chi connectivity index (χ2v) is 4.79. The molecule has 0 radical (unpaired) electrons. The highest BCUT2D eigenvalue weighted by Gasteiger charge is 2.33. The zero-order chi connectivity index (χ0) is 10.1. The first-order valence-electron chi connectivity index (χ1n) is 5.13. The minimum atomic E-state index is 0.225. The van der Waals surface area contributed by atoms with Crippen LogP contribution in [-0.4, -0.2) is 6.29 Å². The van der Waals surface area contributed by atoms with Crippen LogP contribution in [0.1, 0.15) is 47.0 Å². The average molecular weight is 180 g/mol. The summed E-state index contributed by atoms with van der Waals surface area (Å²) in [6.07, 6.45) is 4.11. The molecule has 1 unspecified atom stereocenters. The molecule has 0 bridgehead atoms. The Labute approximate surface area is 81.2 Å². The first-order chi connectivity index (χ1) is 6.00. The van der Waals surface area contributed by atoms with E-state index in [9.17, 15) is 4.79 Å². The molecule has 1 nitrogen and oxygen atoms in total. The summed E-state index contributed by atoms with van der Waals surface area (Å²) >= 11 is 0. The summed E-state index contributed by atoms with van der Waals surface area (Å²) in [5.74, 6) is 0.700. The Kier molecular flexibility index (Phi) is 2.94. The van der Waals surface area contributed by atoms with Gasteiger partial charge in [-0.3, -0.25) is 0 Å². The van der Waals surface area contributed by atoms with E-state index in [4.69, 9.17) is 0 Å². The van der Waals surface area contributed by atoms with Crippen LogP contribution in [-0.2, 0) is 4.79 Å². The van der Waals surface area contributed by atoms with Gasteiger partial charge >= 0.3 is 0 Å². The maximum absolute atomic E-state index is 10.6. The summed E-state index contributed by atoms with van der Waals surface area (Å²) in [4.78, 5) is 10.6. The fraction of sp³-hybridized carbons (Fsp3) is 0.750. The van der Waals surface area contributed by atoms with E-state index in [1.807, 2.05) is 0 Å². The summed E-state index contributed by atoms with van der Waals surface area (Å²) in [5, 5.41) is 0. The van der Waals surface area contributed by atoms with E-state index in [1.54, 1.807) is 0 Å². The van der Waals surface area contributed by atoms with E-state index < -0.39 is 0 Å². The number of carbonyl (C=O) groups excluding carboxylic acids is 1. The van der Waals surface area contributed by atoms with E-state index >= 15 is 0 Å². The van der Waals surface area contributed by atoms with Gasteiger partial charge in [-0.1, -0.05) is 31.9 Å². The monoisotopic (exact) mass is 180 g/mol. The van der Waals surface area contributed by atoms with E-state index in [-0.39, 0.29) is 5.41 Å². The van der Waals surface area contributed by atoms with Gasteiger partial charge in [0.1, 0.15) is 6.29 Å². The predicted octanol–water partition coefficient (Wildman–Crippen LogP) is 3.35. The fourth-order valence-corrected chi connectivity index (χ4v) is 2.31. The van der Waals surface area contributed by atoms with Crippen LogP contribution >= 0.6 is 0 Å². The largest absolute Gasteiger partial charge is 0.303 e. The predicted molar refractivity (Wildman–Crippen MR) is 55.6 cm³/mol. The number of carbonyl (C=O) groups is 1. The van der Waals surface area contributed by atoms with Crippen LogP contribution in [0.5, 0.6) is 0 Å². The molecule has 1 heteroatoms. The van der Waals surface area contributed by atoms with Crippen molar-refractivity contribution in [3.05, 3.63) is 11.1 Å². The molecule has 74 valence electrons. The summed E-state index contributed by atoms with van der Waals surface area (Å²) in [7, 11) is 0. The van der Waals surface area contributed by atoms with Gasteiger partial charge in [0.05, 0.1) is 0 Å². The molecule has 1 atom stereocenters. The number of hydrogen-bond donors (Lipinski definition) is 0. The quantitative estimate of drug-likeness (QED) is 0.470. The molecule has 0 N–H and O–H groups in total. The first-order valence-corrected chi connectivity index (χ1v) is 5.13. The molecular formula is C12H20O. The highest BCUT2D eigenvalue weighted by molar-refractivity contribution is 5.56. The molecule has 13 heavy (non-hydrogen) atoms. The van der Waals surface area contributed by atoms with E-state index in [2.05, 4.69) is 27.7 Å². The molecule has 0 heterocycles. The van der Waals surface area contributed by atoms with Crippen molar-refractivity contribution in [2.75, 3.05) is 0 Å². The smallest absolute Gasteiger partial charge is 0.124 e. The SMILES string of the molecule is CC1=C(CC=O)C(C)(C)C(C)CC1. The van der Waals surface area contributed by atoms with Crippen molar-refractivity contribution in [2.24, 2.45) is 11.3 Å². The van der Waals surface area contributed by atoms with Crippen molar-refractivity contribution in [3.63, 3.8) is 0 Å². The topological polar surface area (TPSA) is 17.1 Å². The molecule has 1 aliphatic rings. The molecule has 0 saturated carbocycles. The Morgan fingerprint density at radius 3 is 2.69 bits per heavy atom. The number of aldehydes is 1. The summed E-state index contributed by atoms with van der Waals surface area (Å²) in [6.45, 7) is 8.99. The molecule has 0 spiro atoms. The van der Waals surface area contributed by atoms with Crippen molar-refractivity contribution in [2.45, 2.75) is 47.0 Å². The van der Waals surface area contributed by atoms with Gasteiger partial charge in [-0.25, -0.2) is 0 Å². The van der Waals surface area contributed by atoms with Gasteiger partial charge in [0.15, 0.2) is 0 Å². The number of allylic oxidation sites excluding steroid dienone is 2. The third-order valence-corrected chi connectivity index (χ3v) is 3.76. The van der Waals surface area contributed by atoms with Crippen molar-refractivity contribution in [1.82, 2.24) is 0 Å².